The van der Waals surface area contributed by atoms with Gasteiger partial charge in [-0.3, -0.25) is 9.80 Å². The molecule has 0 spiro atoms. The van der Waals surface area contributed by atoms with Crippen LogP contribution in [0.1, 0.15) is 46.1 Å². The van der Waals surface area contributed by atoms with Gasteiger partial charge >= 0.3 is 0 Å². The Morgan fingerprint density at radius 3 is 2.11 bits per heavy atom. The van der Waals surface area contributed by atoms with Gasteiger partial charge in [-0.25, -0.2) is 16.8 Å². The van der Waals surface area contributed by atoms with Crippen molar-refractivity contribution in [1.29, 1.82) is 0 Å². The molecule has 2 rings (SSSR count). The predicted molar refractivity (Wildman–Crippen MR) is 148 cm³/mol. The second-order valence-electron chi connectivity index (χ2n) is 10.3. The molecular formula is C27H40N2O7S2. The Morgan fingerprint density at radius 1 is 1.00 bits per heavy atom. The highest BCUT2D eigenvalue weighted by atomic mass is 32.2. The van der Waals surface area contributed by atoms with E-state index in [-0.39, 0.29) is 23.0 Å². The molecule has 1 amide bonds. The summed E-state index contributed by atoms with van der Waals surface area (Å²) in [6.07, 6.45) is 2.13. The zero-order valence-corrected chi connectivity index (χ0v) is 24.9. The molecule has 38 heavy (non-hydrogen) atoms. The van der Waals surface area contributed by atoms with E-state index in [9.17, 15) is 21.6 Å². The smallest absolute Gasteiger partial charge is 0.257 e. The SMILES string of the molecule is CCC(Cc1ccccc1)N(NS(=O)(=O)c1ccc(OC)c(OC)c1)C(=O)C(C)(CC(C)C)CS(C)(=O)=O. The van der Waals surface area contributed by atoms with Crippen LogP contribution in [0.5, 0.6) is 11.5 Å². The molecule has 0 aliphatic carbocycles. The summed E-state index contributed by atoms with van der Waals surface area (Å²) in [6, 6.07) is 13.0. The average molecular weight is 569 g/mol. The van der Waals surface area contributed by atoms with Gasteiger partial charge in [-0.1, -0.05) is 51.1 Å². The van der Waals surface area contributed by atoms with Crippen molar-refractivity contribution in [2.24, 2.45) is 11.3 Å². The number of hydrogen-bond donors (Lipinski definition) is 1. The van der Waals surface area contributed by atoms with Crippen LogP contribution in [0.15, 0.2) is 53.4 Å². The summed E-state index contributed by atoms with van der Waals surface area (Å²) >= 11 is 0. The number of sulfonamides is 1. The van der Waals surface area contributed by atoms with Crippen molar-refractivity contribution in [2.75, 3.05) is 26.2 Å². The van der Waals surface area contributed by atoms with Crippen molar-refractivity contribution in [2.45, 2.75) is 57.9 Å². The van der Waals surface area contributed by atoms with Crippen molar-refractivity contribution in [3.63, 3.8) is 0 Å². The molecule has 11 heteroatoms. The monoisotopic (exact) mass is 568 g/mol. The molecule has 2 aromatic carbocycles. The zero-order chi connectivity index (χ0) is 28.7. The van der Waals surface area contributed by atoms with Crippen molar-refractivity contribution in [1.82, 2.24) is 9.84 Å². The fraction of sp³-hybridized carbons (Fsp3) is 0.519. The van der Waals surface area contributed by atoms with Crippen molar-refractivity contribution < 1.29 is 31.1 Å². The molecule has 0 aliphatic rings. The molecule has 212 valence electrons. The number of carbonyl (C=O) groups excluding carboxylic acids is 1. The number of carbonyl (C=O) groups is 1. The molecule has 0 radical (unpaired) electrons. The molecule has 2 atom stereocenters. The van der Waals surface area contributed by atoms with Gasteiger partial charge in [0.25, 0.3) is 10.0 Å². The van der Waals surface area contributed by atoms with Gasteiger partial charge in [0.2, 0.25) is 5.91 Å². The zero-order valence-electron chi connectivity index (χ0n) is 23.2. The molecule has 9 nitrogen and oxygen atoms in total. The Labute approximate surface area is 227 Å². The maximum Gasteiger partial charge on any atom is 0.257 e. The van der Waals surface area contributed by atoms with Crippen LogP contribution in [-0.2, 0) is 31.1 Å². The standard InChI is InChI=1S/C27H40N2O7S2/c1-8-22(16-21-12-10-9-11-13-21)29(26(30)27(4,18-20(2)3)19-37(7,31)32)28-38(33,34)23-14-15-24(35-5)25(17-23)36-6/h9-15,17,20,22,28H,8,16,18-19H2,1-7H3. The van der Waals surface area contributed by atoms with Gasteiger partial charge in [0.1, 0.15) is 9.84 Å². The minimum Gasteiger partial charge on any atom is -0.493 e. The minimum absolute atomic E-state index is 0.00999. The van der Waals surface area contributed by atoms with E-state index in [0.29, 0.717) is 18.6 Å². The summed E-state index contributed by atoms with van der Waals surface area (Å²) < 4.78 is 62.5. The Hall–Kier alpha value is -2.63. The normalized spacial score (nSPS) is 14.5. The van der Waals surface area contributed by atoms with E-state index in [1.807, 2.05) is 51.1 Å². The Morgan fingerprint density at radius 2 is 1.61 bits per heavy atom. The van der Waals surface area contributed by atoms with Crippen LogP contribution in [0.3, 0.4) is 0 Å². The summed E-state index contributed by atoms with van der Waals surface area (Å²) in [5.41, 5.74) is -0.442. The van der Waals surface area contributed by atoms with Gasteiger partial charge in [0.15, 0.2) is 11.5 Å². The lowest BCUT2D eigenvalue weighted by molar-refractivity contribution is -0.145. The van der Waals surface area contributed by atoms with Crippen LogP contribution < -0.4 is 14.3 Å². The topological polar surface area (TPSA) is 119 Å². The van der Waals surface area contributed by atoms with Crippen molar-refractivity contribution in [3.05, 3.63) is 54.1 Å². The maximum atomic E-state index is 14.2. The first-order valence-corrected chi connectivity index (χ1v) is 16.0. The highest BCUT2D eigenvalue weighted by molar-refractivity contribution is 7.90. The molecule has 0 aliphatic heterocycles. The molecule has 0 bridgehead atoms. The number of methoxy groups -OCH3 is 2. The number of benzene rings is 2. The van der Waals surface area contributed by atoms with Crippen molar-refractivity contribution >= 4 is 25.8 Å². The number of amides is 1. The van der Waals surface area contributed by atoms with Crippen LogP contribution in [0.25, 0.3) is 0 Å². The third kappa shape index (κ3) is 8.44. The minimum atomic E-state index is -4.27. The summed E-state index contributed by atoms with van der Waals surface area (Å²) in [5.74, 6) is -0.445. The third-order valence-electron chi connectivity index (χ3n) is 6.21. The first-order valence-electron chi connectivity index (χ1n) is 12.5. The summed E-state index contributed by atoms with van der Waals surface area (Å²) in [4.78, 5) is 16.6. The second kappa shape index (κ2) is 12.9. The molecular weight excluding hydrogens is 528 g/mol. The number of hydrogen-bond acceptors (Lipinski definition) is 7. The van der Waals surface area contributed by atoms with Crippen LogP contribution in [-0.4, -0.2) is 60.0 Å². The number of rotatable bonds is 14. The van der Waals surface area contributed by atoms with E-state index in [1.165, 1.54) is 32.4 Å². The summed E-state index contributed by atoms with van der Waals surface area (Å²) in [7, 11) is -5.00. The average Bonchev–Trinajstić information content (AvgIpc) is 2.84. The predicted octanol–water partition coefficient (Wildman–Crippen LogP) is 3.84. The summed E-state index contributed by atoms with van der Waals surface area (Å²) in [5, 5.41) is 1.12. The highest BCUT2D eigenvalue weighted by Crippen LogP contribution is 2.33. The molecule has 2 aromatic rings. The molecule has 0 aromatic heterocycles. The van der Waals surface area contributed by atoms with E-state index < -0.39 is 43.0 Å². The van der Waals surface area contributed by atoms with Gasteiger partial charge in [-0.2, -0.15) is 0 Å². The number of nitrogens with one attached hydrogen (secondary N) is 1. The highest BCUT2D eigenvalue weighted by Gasteiger charge is 2.43. The molecule has 0 heterocycles. The third-order valence-corrected chi connectivity index (χ3v) is 8.68. The lowest BCUT2D eigenvalue weighted by atomic mass is 9.82. The quantitative estimate of drug-likeness (QED) is 0.344. The Bertz CT molecular complexity index is 1300. The molecule has 2 unspecified atom stereocenters. The van der Waals surface area contributed by atoms with Crippen LogP contribution >= 0.6 is 0 Å². The maximum absolute atomic E-state index is 14.2. The van der Waals surface area contributed by atoms with E-state index in [1.54, 1.807) is 6.92 Å². The van der Waals surface area contributed by atoms with Gasteiger partial charge in [0, 0.05) is 12.3 Å². The largest absolute Gasteiger partial charge is 0.493 e. The van der Waals surface area contributed by atoms with E-state index in [4.69, 9.17) is 9.47 Å². The van der Waals surface area contributed by atoms with Crippen molar-refractivity contribution in [3.8, 4) is 11.5 Å². The first kappa shape index (κ1) is 31.6. The van der Waals surface area contributed by atoms with Crippen LogP contribution in [0.4, 0.5) is 0 Å². The van der Waals surface area contributed by atoms with Gasteiger partial charge < -0.3 is 9.47 Å². The second-order valence-corrected chi connectivity index (χ2v) is 14.1. The summed E-state index contributed by atoms with van der Waals surface area (Å²) in [6.45, 7) is 7.23. The molecule has 0 fully saturated rings. The Kier molecular flexibility index (Phi) is 10.8. The fourth-order valence-electron chi connectivity index (χ4n) is 4.73. The van der Waals surface area contributed by atoms with E-state index >= 15 is 0 Å². The molecule has 0 saturated heterocycles. The molecule has 0 saturated carbocycles. The van der Waals surface area contributed by atoms with Crippen LogP contribution in [0, 0.1) is 11.3 Å². The molecule has 1 N–H and O–H groups in total. The number of hydrazine groups is 1. The Balaban J connectivity index is 2.62. The van der Waals surface area contributed by atoms with Gasteiger partial charge in [-0.05, 0) is 49.8 Å². The number of nitrogens with zero attached hydrogens (tertiary/aromatic N) is 1. The van der Waals surface area contributed by atoms with Gasteiger partial charge in [0.05, 0.1) is 36.3 Å². The van der Waals surface area contributed by atoms with E-state index in [0.717, 1.165) is 16.8 Å². The number of sulfone groups is 1. The lowest BCUT2D eigenvalue weighted by Crippen LogP contribution is -2.58. The lowest BCUT2D eigenvalue weighted by Gasteiger charge is -2.39. The number of ether oxygens (including phenoxy) is 2. The first-order chi connectivity index (χ1) is 17.7. The van der Waals surface area contributed by atoms with E-state index in [2.05, 4.69) is 4.83 Å². The fourth-order valence-corrected chi connectivity index (χ4v) is 7.23. The van der Waals surface area contributed by atoms with Gasteiger partial charge in [-0.15, -0.1) is 4.83 Å². The van der Waals surface area contributed by atoms with Crippen LogP contribution in [0.2, 0.25) is 0 Å².